The fourth-order valence-corrected chi connectivity index (χ4v) is 1.53. The quantitative estimate of drug-likeness (QED) is 0.578. The van der Waals surface area contributed by atoms with Gasteiger partial charge in [-0.05, 0) is 26.9 Å². The Morgan fingerprint density at radius 1 is 1.07 bits per heavy atom. The third-order valence-electron chi connectivity index (χ3n) is 2.26. The molecule has 0 aliphatic heterocycles. The van der Waals surface area contributed by atoms with Crippen LogP contribution in [0.3, 0.4) is 0 Å². The highest BCUT2D eigenvalue weighted by Gasteiger charge is 2.04. The largest absolute Gasteiger partial charge is 0.392 e. The van der Waals surface area contributed by atoms with Gasteiger partial charge in [-0.1, -0.05) is 25.7 Å². The number of hydrogen-bond acceptors (Lipinski definition) is 2. The summed E-state index contributed by atoms with van der Waals surface area (Å²) in [4.78, 5) is 2.00. The zero-order valence-electron chi connectivity index (χ0n) is 9.54. The third kappa shape index (κ3) is 9.96. The van der Waals surface area contributed by atoms with E-state index in [2.05, 4.69) is 0 Å². The normalized spacial score (nSPS) is 13.5. The van der Waals surface area contributed by atoms with Crippen molar-refractivity contribution in [3.05, 3.63) is 0 Å². The average molecular weight is 202 g/mol. The molecule has 0 amide bonds. The molecular formula is C11H24NO2. The number of unbranched alkanes of at least 4 members (excludes halogenated alkanes) is 4. The van der Waals surface area contributed by atoms with Crippen molar-refractivity contribution in [1.29, 1.82) is 0 Å². The summed E-state index contributed by atoms with van der Waals surface area (Å²) < 4.78 is 0. The van der Waals surface area contributed by atoms with Crippen LogP contribution in [0.15, 0.2) is 0 Å². The number of rotatable bonds is 9. The molecule has 0 aliphatic rings. The number of aliphatic hydroxyl groups is 1. The van der Waals surface area contributed by atoms with Crippen LogP contribution in [0, 0.1) is 0 Å². The summed E-state index contributed by atoms with van der Waals surface area (Å²) in [6.45, 7) is 0.809. The van der Waals surface area contributed by atoms with Crippen LogP contribution >= 0.6 is 0 Å². The first-order valence-electron chi connectivity index (χ1n) is 5.57. The molecule has 1 unspecified atom stereocenters. The Hall–Kier alpha value is -0.120. The summed E-state index contributed by atoms with van der Waals surface area (Å²) in [5, 5.41) is 19.7. The van der Waals surface area contributed by atoms with Gasteiger partial charge in [0.25, 0.3) is 0 Å². The first kappa shape index (κ1) is 13.9. The fourth-order valence-electron chi connectivity index (χ4n) is 1.53. The second-order valence-corrected chi connectivity index (χ2v) is 4.18. The monoisotopic (exact) mass is 202 g/mol. The standard InChI is InChI=1S/C11H24NO2/c1-12(2)10-11(14)8-6-4-3-5-7-9-13/h11,14H,3-10H2,1-2H3. The molecule has 0 rings (SSSR count). The van der Waals surface area contributed by atoms with Crippen LogP contribution in [-0.4, -0.2) is 43.4 Å². The molecule has 0 heterocycles. The topological polar surface area (TPSA) is 43.4 Å². The second-order valence-electron chi connectivity index (χ2n) is 4.18. The number of hydrogen-bond donors (Lipinski definition) is 1. The fraction of sp³-hybridized carbons (Fsp3) is 1.00. The molecule has 0 aromatic heterocycles. The molecule has 3 nitrogen and oxygen atoms in total. The molecule has 0 fully saturated rings. The second kappa shape index (κ2) is 9.44. The predicted octanol–water partition coefficient (Wildman–Crippen LogP) is 1.68. The van der Waals surface area contributed by atoms with Gasteiger partial charge < -0.3 is 10.0 Å². The van der Waals surface area contributed by atoms with Crippen LogP contribution in [-0.2, 0) is 5.11 Å². The summed E-state index contributed by atoms with van der Waals surface area (Å²) in [5.41, 5.74) is 0. The third-order valence-corrected chi connectivity index (χ3v) is 2.26. The lowest BCUT2D eigenvalue weighted by atomic mass is 10.1. The SMILES string of the molecule is CN(C)CC(O)CCCCCCC[O]. The zero-order valence-corrected chi connectivity index (χ0v) is 9.54. The van der Waals surface area contributed by atoms with Gasteiger partial charge in [0.15, 0.2) is 0 Å². The van der Waals surface area contributed by atoms with Crippen LogP contribution in [0.1, 0.15) is 38.5 Å². The van der Waals surface area contributed by atoms with E-state index in [-0.39, 0.29) is 12.7 Å². The molecule has 0 aromatic rings. The van der Waals surface area contributed by atoms with Crippen LogP contribution in [0.4, 0.5) is 0 Å². The van der Waals surface area contributed by atoms with Crippen molar-refractivity contribution in [3.63, 3.8) is 0 Å². The smallest absolute Gasteiger partial charge is 0.0822 e. The lowest BCUT2D eigenvalue weighted by Crippen LogP contribution is -2.25. The Kier molecular flexibility index (Phi) is 9.35. The molecule has 3 heteroatoms. The minimum absolute atomic E-state index is 0.0588. The van der Waals surface area contributed by atoms with Crippen LogP contribution in [0.25, 0.3) is 0 Å². The van der Waals surface area contributed by atoms with Gasteiger partial charge in [0, 0.05) is 6.54 Å². The summed E-state index contributed by atoms with van der Waals surface area (Å²) in [6.07, 6.45) is 5.91. The summed E-state index contributed by atoms with van der Waals surface area (Å²) in [6, 6.07) is 0. The summed E-state index contributed by atoms with van der Waals surface area (Å²) in [5.74, 6) is 0. The Morgan fingerprint density at radius 3 is 2.21 bits per heavy atom. The van der Waals surface area contributed by atoms with Crippen molar-refractivity contribution in [2.75, 3.05) is 27.2 Å². The molecule has 0 spiro atoms. The first-order valence-corrected chi connectivity index (χ1v) is 5.57. The van der Waals surface area contributed by atoms with Crippen LogP contribution in [0.2, 0.25) is 0 Å². The lowest BCUT2D eigenvalue weighted by Gasteiger charge is -2.15. The van der Waals surface area contributed by atoms with Gasteiger partial charge in [-0.15, -0.1) is 0 Å². The van der Waals surface area contributed by atoms with E-state index in [9.17, 15) is 10.2 Å². The van der Waals surface area contributed by atoms with Crippen molar-refractivity contribution in [2.45, 2.75) is 44.6 Å². The number of nitrogens with zero attached hydrogens (tertiary/aromatic N) is 1. The van der Waals surface area contributed by atoms with Crippen molar-refractivity contribution in [2.24, 2.45) is 0 Å². The molecule has 0 aromatic carbocycles. The van der Waals surface area contributed by atoms with E-state index in [0.29, 0.717) is 0 Å². The molecule has 1 atom stereocenters. The maximum Gasteiger partial charge on any atom is 0.0822 e. The molecule has 1 radical (unpaired) electrons. The van der Waals surface area contributed by atoms with E-state index in [4.69, 9.17) is 0 Å². The molecule has 0 saturated carbocycles. The van der Waals surface area contributed by atoms with Crippen LogP contribution in [0.5, 0.6) is 0 Å². The van der Waals surface area contributed by atoms with Crippen molar-refractivity contribution in [1.82, 2.24) is 4.90 Å². The molecule has 85 valence electrons. The van der Waals surface area contributed by atoms with E-state index >= 15 is 0 Å². The maximum atomic E-state index is 10.1. The van der Waals surface area contributed by atoms with Gasteiger partial charge in [0.05, 0.1) is 12.7 Å². The lowest BCUT2D eigenvalue weighted by molar-refractivity contribution is 0.125. The highest BCUT2D eigenvalue weighted by molar-refractivity contribution is 4.58. The number of likely N-dealkylation sites (N-methyl/N-ethyl adjacent to an activating group) is 1. The van der Waals surface area contributed by atoms with Gasteiger partial charge in [-0.2, -0.15) is 0 Å². The molecular weight excluding hydrogens is 178 g/mol. The molecule has 1 N–H and O–H groups in total. The van der Waals surface area contributed by atoms with Crippen molar-refractivity contribution < 1.29 is 10.2 Å². The maximum absolute atomic E-state index is 10.1. The van der Waals surface area contributed by atoms with Gasteiger partial charge in [-0.3, -0.25) is 0 Å². The average Bonchev–Trinajstić information content (AvgIpc) is 2.10. The Morgan fingerprint density at radius 2 is 1.64 bits per heavy atom. The Bertz CT molecular complexity index is 118. The van der Waals surface area contributed by atoms with E-state index < -0.39 is 0 Å². The zero-order chi connectivity index (χ0) is 10.8. The minimum Gasteiger partial charge on any atom is -0.392 e. The van der Waals surface area contributed by atoms with Crippen molar-refractivity contribution in [3.8, 4) is 0 Å². The Balaban J connectivity index is 3.10. The van der Waals surface area contributed by atoms with E-state index in [1.807, 2.05) is 19.0 Å². The van der Waals surface area contributed by atoms with Gasteiger partial charge >= 0.3 is 0 Å². The van der Waals surface area contributed by atoms with E-state index in [1.165, 1.54) is 0 Å². The van der Waals surface area contributed by atoms with Gasteiger partial charge in [0.1, 0.15) is 0 Å². The van der Waals surface area contributed by atoms with Gasteiger partial charge in [0.2, 0.25) is 0 Å². The summed E-state index contributed by atoms with van der Waals surface area (Å²) >= 11 is 0. The molecule has 0 bridgehead atoms. The minimum atomic E-state index is -0.190. The van der Waals surface area contributed by atoms with E-state index in [1.54, 1.807) is 0 Å². The van der Waals surface area contributed by atoms with Crippen LogP contribution < -0.4 is 0 Å². The first-order chi connectivity index (χ1) is 6.66. The van der Waals surface area contributed by atoms with Gasteiger partial charge in [-0.25, -0.2) is 5.11 Å². The highest BCUT2D eigenvalue weighted by atomic mass is 16.3. The molecule has 0 saturated heterocycles. The Labute approximate surface area is 87.7 Å². The van der Waals surface area contributed by atoms with Crippen molar-refractivity contribution >= 4 is 0 Å². The number of aliphatic hydroxyl groups excluding tert-OH is 1. The van der Waals surface area contributed by atoms with E-state index in [0.717, 1.165) is 45.1 Å². The highest BCUT2D eigenvalue weighted by Crippen LogP contribution is 2.07. The summed E-state index contributed by atoms with van der Waals surface area (Å²) in [7, 11) is 3.94. The molecule has 0 aliphatic carbocycles. The predicted molar refractivity (Wildman–Crippen MR) is 57.8 cm³/mol. The molecule has 14 heavy (non-hydrogen) atoms.